The Kier molecular flexibility index (Phi) is 4.72. The fourth-order valence-corrected chi connectivity index (χ4v) is 2.41. The van der Waals surface area contributed by atoms with Gasteiger partial charge in [0.25, 0.3) is 0 Å². The van der Waals surface area contributed by atoms with Crippen LogP contribution < -0.4 is 4.74 Å². The Morgan fingerprint density at radius 1 is 1.05 bits per heavy atom. The lowest BCUT2D eigenvalue weighted by Crippen LogP contribution is -2.11. The van der Waals surface area contributed by atoms with E-state index in [1.165, 1.54) is 11.6 Å². The van der Waals surface area contributed by atoms with Crippen molar-refractivity contribution in [1.29, 1.82) is 0 Å². The summed E-state index contributed by atoms with van der Waals surface area (Å²) in [6.45, 7) is 8.48. The third-order valence-corrected chi connectivity index (χ3v) is 4.06. The first-order valence-corrected chi connectivity index (χ1v) is 8.07. The van der Waals surface area contributed by atoms with Crippen molar-refractivity contribution in [3.8, 4) is 11.5 Å². The molecule has 0 amide bonds. The first-order valence-electron chi connectivity index (χ1n) is 6.94. The number of halogens is 2. The van der Waals surface area contributed by atoms with E-state index < -0.39 is 0 Å². The van der Waals surface area contributed by atoms with Gasteiger partial charge in [-0.1, -0.05) is 54.9 Å². The highest BCUT2D eigenvalue weighted by Gasteiger charge is 2.15. The molecule has 0 bridgehead atoms. The minimum Gasteiger partial charge on any atom is -0.454 e. The first-order chi connectivity index (χ1) is 9.81. The fourth-order valence-electron chi connectivity index (χ4n) is 2.06. The molecule has 0 saturated heterocycles. The van der Waals surface area contributed by atoms with Gasteiger partial charge in [-0.15, -0.1) is 0 Å². The minimum atomic E-state index is -0.341. The Hall–Kier alpha value is -1.35. The van der Waals surface area contributed by atoms with Gasteiger partial charge in [0.1, 0.15) is 5.75 Å². The van der Waals surface area contributed by atoms with Gasteiger partial charge in [0.05, 0.1) is 0 Å². The molecule has 0 heterocycles. The molecule has 0 atom stereocenters. The number of ether oxygens (including phenoxy) is 1. The van der Waals surface area contributed by atoms with E-state index in [0.29, 0.717) is 11.1 Å². The second-order valence-electron chi connectivity index (χ2n) is 6.23. The molecule has 1 nitrogen and oxygen atoms in total. The van der Waals surface area contributed by atoms with Crippen molar-refractivity contribution in [2.24, 2.45) is 0 Å². The maximum atomic E-state index is 14.0. The number of hydrogen-bond donors (Lipinski definition) is 0. The maximum Gasteiger partial charge on any atom is 0.166 e. The molecule has 0 spiro atoms. The summed E-state index contributed by atoms with van der Waals surface area (Å²) >= 11 is 3.31. The van der Waals surface area contributed by atoms with Crippen molar-refractivity contribution in [3.63, 3.8) is 0 Å². The van der Waals surface area contributed by atoms with E-state index in [0.717, 1.165) is 11.1 Å². The van der Waals surface area contributed by atoms with Crippen LogP contribution in [0.3, 0.4) is 0 Å². The molecule has 21 heavy (non-hydrogen) atoms. The molecular formula is C18H20BrFO. The van der Waals surface area contributed by atoms with Crippen LogP contribution in [0.15, 0.2) is 36.4 Å². The van der Waals surface area contributed by atoms with Gasteiger partial charge in [-0.3, -0.25) is 0 Å². The summed E-state index contributed by atoms with van der Waals surface area (Å²) in [6.07, 6.45) is 0. The molecule has 3 heteroatoms. The monoisotopic (exact) mass is 350 g/mol. The molecule has 0 aromatic heterocycles. The molecule has 0 aliphatic carbocycles. The standard InChI is InChI=1S/C18H20BrFO/c1-12-9-14(18(2,3)4)6-8-16(12)21-17-7-5-13(11-19)10-15(17)20/h5-10H,11H2,1-4H3. The zero-order valence-corrected chi connectivity index (χ0v) is 14.4. The summed E-state index contributed by atoms with van der Waals surface area (Å²) < 4.78 is 19.7. The van der Waals surface area contributed by atoms with Gasteiger partial charge in [-0.25, -0.2) is 4.39 Å². The van der Waals surface area contributed by atoms with Gasteiger partial charge >= 0.3 is 0 Å². The predicted molar refractivity (Wildman–Crippen MR) is 89.0 cm³/mol. The van der Waals surface area contributed by atoms with Gasteiger partial charge in [0, 0.05) is 5.33 Å². The number of hydrogen-bond acceptors (Lipinski definition) is 1. The van der Waals surface area contributed by atoms with Crippen LogP contribution in [-0.2, 0) is 10.7 Å². The lowest BCUT2D eigenvalue weighted by atomic mass is 9.86. The zero-order valence-electron chi connectivity index (χ0n) is 12.8. The summed E-state index contributed by atoms with van der Waals surface area (Å²) in [7, 11) is 0. The average Bonchev–Trinajstić information content (AvgIpc) is 2.41. The SMILES string of the molecule is Cc1cc(C(C)(C)C)ccc1Oc1ccc(CBr)cc1F. The third-order valence-electron chi connectivity index (χ3n) is 3.41. The van der Waals surface area contributed by atoms with Crippen LogP contribution in [-0.4, -0.2) is 0 Å². The molecule has 0 N–H and O–H groups in total. The Morgan fingerprint density at radius 2 is 1.71 bits per heavy atom. The molecule has 0 aliphatic heterocycles. The Morgan fingerprint density at radius 3 is 2.24 bits per heavy atom. The van der Waals surface area contributed by atoms with Crippen LogP contribution in [0.1, 0.15) is 37.5 Å². The molecular weight excluding hydrogens is 331 g/mol. The van der Waals surface area contributed by atoms with Crippen LogP contribution in [0.5, 0.6) is 11.5 Å². The molecule has 2 aromatic rings. The molecule has 0 fully saturated rings. The summed E-state index contributed by atoms with van der Waals surface area (Å²) in [5, 5.41) is 0.628. The number of benzene rings is 2. The normalized spacial score (nSPS) is 11.5. The topological polar surface area (TPSA) is 9.23 Å². The smallest absolute Gasteiger partial charge is 0.166 e. The Bertz CT molecular complexity index is 644. The second kappa shape index (κ2) is 6.18. The maximum absolute atomic E-state index is 14.0. The van der Waals surface area contributed by atoms with E-state index in [4.69, 9.17) is 4.74 Å². The summed E-state index contributed by atoms with van der Waals surface area (Å²) in [5.74, 6) is 0.603. The summed E-state index contributed by atoms with van der Waals surface area (Å²) in [5.41, 5.74) is 3.22. The molecule has 0 aliphatic rings. The Balaban J connectivity index is 2.28. The van der Waals surface area contributed by atoms with Crippen molar-refractivity contribution in [1.82, 2.24) is 0 Å². The minimum absolute atomic E-state index is 0.0893. The molecule has 2 aromatic carbocycles. The predicted octanol–water partition coefficient (Wildman–Crippen LogP) is 6.12. The van der Waals surface area contributed by atoms with Crippen molar-refractivity contribution in [2.75, 3.05) is 0 Å². The number of rotatable bonds is 3. The average molecular weight is 351 g/mol. The van der Waals surface area contributed by atoms with Crippen molar-refractivity contribution in [3.05, 3.63) is 58.9 Å². The molecule has 2 rings (SSSR count). The summed E-state index contributed by atoms with van der Waals surface area (Å²) in [4.78, 5) is 0. The quantitative estimate of drug-likeness (QED) is 0.606. The molecule has 0 saturated carbocycles. The van der Waals surface area contributed by atoms with E-state index in [1.54, 1.807) is 6.07 Å². The van der Waals surface area contributed by atoms with Crippen molar-refractivity contribution in [2.45, 2.75) is 38.4 Å². The van der Waals surface area contributed by atoms with Gasteiger partial charge in [0.2, 0.25) is 0 Å². The van der Waals surface area contributed by atoms with Crippen LogP contribution in [0.25, 0.3) is 0 Å². The fraction of sp³-hybridized carbons (Fsp3) is 0.333. The Labute approximate surface area is 134 Å². The third kappa shape index (κ3) is 3.85. The van der Waals surface area contributed by atoms with E-state index in [2.05, 4.69) is 42.8 Å². The number of aryl methyl sites for hydroxylation is 1. The van der Waals surface area contributed by atoms with Crippen LogP contribution in [0.2, 0.25) is 0 Å². The zero-order chi connectivity index (χ0) is 15.6. The highest BCUT2D eigenvalue weighted by molar-refractivity contribution is 9.08. The largest absolute Gasteiger partial charge is 0.454 e. The van der Waals surface area contributed by atoms with Crippen LogP contribution in [0, 0.1) is 12.7 Å². The highest BCUT2D eigenvalue weighted by atomic mass is 79.9. The molecule has 0 unspecified atom stereocenters. The van der Waals surface area contributed by atoms with E-state index >= 15 is 0 Å². The lowest BCUT2D eigenvalue weighted by molar-refractivity contribution is 0.438. The van der Waals surface area contributed by atoms with E-state index in [-0.39, 0.29) is 17.0 Å². The van der Waals surface area contributed by atoms with Crippen LogP contribution in [0.4, 0.5) is 4.39 Å². The van der Waals surface area contributed by atoms with Crippen molar-refractivity contribution >= 4 is 15.9 Å². The second-order valence-corrected chi connectivity index (χ2v) is 6.79. The molecule has 0 radical (unpaired) electrons. The van der Waals surface area contributed by atoms with E-state index in [9.17, 15) is 4.39 Å². The van der Waals surface area contributed by atoms with Crippen molar-refractivity contribution < 1.29 is 9.13 Å². The van der Waals surface area contributed by atoms with Gasteiger partial charge in [-0.05, 0) is 47.2 Å². The number of alkyl halides is 1. The van der Waals surface area contributed by atoms with Crippen LogP contribution >= 0.6 is 15.9 Å². The summed E-state index contributed by atoms with van der Waals surface area (Å²) in [6, 6.07) is 11.1. The first kappa shape index (κ1) is 16.0. The lowest BCUT2D eigenvalue weighted by Gasteiger charge is -2.20. The molecule has 112 valence electrons. The highest BCUT2D eigenvalue weighted by Crippen LogP contribution is 2.31. The van der Waals surface area contributed by atoms with Gasteiger partial charge in [-0.2, -0.15) is 0 Å². The van der Waals surface area contributed by atoms with E-state index in [1.807, 2.05) is 25.1 Å². The van der Waals surface area contributed by atoms with Gasteiger partial charge < -0.3 is 4.74 Å². The van der Waals surface area contributed by atoms with Gasteiger partial charge in [0.15, 0.2) is 11.6 Å².